The summed E-state index contributed by atoms with van der Waals surface area (Å²) in [6.07, 6.45) is 2.87. The van der Waals surface area contributed by atoms with Gasteiger partial charge in [0.25, 0.3) is 0 Å². The standard InChI is InChI=1S/C41H54N6O10S2/c1-23-24(2)35(51)33(25(3)34(23)50)41(4,5)21-32(49)46(6)18-19-47(17-11-7-8-13-31(48)43-16-10-9-12-27(42)38(52)53)40(56)57-26-14-15-28-30(20-26)59-37(44-28)36-45-29(22-58-36)39(54)55/h14-15,20,27,29H,7-13,16-19,21-22,42H2,1-6H3,(H,43,48)(H,52,53)(H,54,55). The van der Waals surface area contributed by atoms with Crippen LogP contribution in [0, 0.1) is 5.41 Å². The molecule has 0 spiro atoms. The number of fused-ring (bicyclic) bond motifs is 1. The van der Waals surface area contributed by atoms with Crippen LogP contribution in [0.25, 0.3) is 10.2 Å². The van der Waals surface area contributed by atoms with Gasteiger partial charge in [0.15, 0.2) is 17.6 Å². The maximum Gasteiger partial charge on any atom is 0.415 e. The molecule has 5 N–H and O–H groups in total. The van der Waals surface area contributed by atoms with Crippen molar-refractivity contribution in [1.29, 1.82) is 0 Å². The summed E-state index contributed by atoms with van der Waals surface area (Å²) in [5.41, 5.74) is 6.68. The first kappa shape index (κ1) is 46.7. The second-order valence-corrected chi connectivity index (χ2v) is 17.5. The molecule has 3 amide bonds. The van der Waals surface area contributed by atoms with Crippen molar-refractivity contribution in [3.63, 3.8) is 0 Å². The van der Waals surface area contributed by atoms with Crippen LogP contribution < -0.4 is 15.8 Å². The lowest BCUT2D eigenvalue weighted by molar-refractivity contribution is -0.139. The highest BCUT2D eigenvalue weighted by molar-refractivity contribution is 8.15. The summed E-state index contributed by atoms with van der Waals surface area (Å²) in [4.78, 5) is 99.8. The van der Waals surface area contributed by atoms with Crippen LogP contribution in [0.3, 0.4) is 0 Å². The largest absolute Gasteiger partial charge is 0.480 e. The number of carbonyl (C=O) groups is 7. The molecule has 0 saturated heterocycles. The highest BCUT2D eigenvalue weighted by atomic mass is 32.2. The Hall–Kier alpha value is -4.94. The number of benzene rings is 1. The van der Waals surface area contributed by atoms with Gasteiger partial charge in [0.05, 0.1) is 10.2 Å². The van der Waals surface area contributed by atoms with Gasteiger partial charge in [-0.15, -0.1) is 23.1 Å². The van der Waals surface area contributed by atoms with Crippen LogP contribution in [0.4, 0.5) is 4.79 Å². The number of nitrogens with two attached hydrogens (primary N) is 1. The lowest BCUT2D eigenvalue weighted by Crippen LogP contribution is -2.42. The van der Waals surface area contributed by atoms with E-state index in [0.29, 0.717) is 88.7 Å². The Morgan fingerprint density at radius 3 is 2.36 bits per heavy atom. The summed E-state index contributed by atoms with van der Waals surface area (Å²) in [7, 11) is 1.62. The van der Waals surface area contributed by atoms with E-state index in [1.807, 2.05) is 0 Å². The van der Waals surface area contributed by atoms with Gasteiger partial charge in [-0.3, -0.25) is 29.0 Å². The molecule has 2 aliphatic rings. The summed E-state index contributed by atoms with van der Waals surface area (Å²) in [6, 6.07) is 3.27. The van der Waals surface area contributed by atoms with E-state index < -0.39 is 35.5 Å². The summed E-state index contributed by atoms with van der Waals surface area (Å²) in [6.45, 7) is 9.39. The van der Waals surface area contributed by atoms with Crippen LogP contribution in [-0.2, 0) is 28.8 Å². The Bertz CT molecular complexity index is 2070. The highest BCUT2D eigenvalue weighted by Crippen LogP contribution is 2.39. The van der Waals surface area contributed by atoms with Gasteiger partial charge < -0.3 is 35.8 Å². The molecule has 320 valence electrons. The van der Waals surface area contributed by atoms with Crippen molar-refractivity contribution in [3.8, 4) is 5.75 Å². The molecular formula is C41H54N6O10S2. The quantitative estimate of drug-likeness (QED) is 0.0959. The lowest BCUT2D eigenvalue weighted by Gasteiger charge is -2.33. The molecule has 0 fully saturated rings. The molecule has 16 nitrogen and oxygen atoms in total. The molecule has 2 heterocycles. The van der Waals surface area contributed by atoms with Crippen LogP contribution in [0.2, 0.25) is 0 Å². The Morgan fingerprint density at radius 1 is 0.966 bits per heavy atom. The Labute approximate surface area is 351 Å². The Kier molecular flexibility index (Phi) is 16.5. The summed E-state index contributed by atoms with van der Waals surface area (Å²) in [5, 5.41) is 22.2. The molecule has 1 aromatic carbocycles. The molecule has 0 radical (unpaired) electrons. The normalized spacial score (nSPS) is 16.3. The van der Waals surface area contributed by atoms with Crippen molar-refractivity contribution in [2.75, 3.05) is 39.0 Å². The monoisotopic (exact) mass is 854 g/mol. The van der Waals surface area contributed by atoms with E-state index in [1.165, 1.54) is 32.9 Å². The Balaban J connectivity index is 1.38. The fraction of sp³-hybridized carbons (Fsp3) is 0.537. The number of thiazole rings is 1. The molecule has 2 atom stereocenters. The van der Waals surface area contributed by atoms with Crippen molar-refractivity contribution in [1.82, 2.24) is 20.1 Å². The van der Waals surface area contributed by atoms with Crippen LogP contribution in [0.5, 0.6) is 5.75 Å². The summed E-state index contributed by atoms with van der Waals surface area (Å²) in [5.74, 6) is -2.28. The molecule has 59 heavy (non-hydrogen) atoms. The van der Waals surface area contributed by atoms with E-state index in [2.05, 4.69) is 15.3 Å². The average Bonchev–Trinajstić information content (AvgIpc) is 3.85. The fourth-order valence-corrected chi connectivity index (χ4v) is 8.83. The predicted octanol–water partition coefficient (Wildman–Crippen LogP) is 4.98. The molecule has 2 aromatic rings. The maximum absolute atomic E-state index is 13.7. The predicted molar refractivity (Wildman–Crippen MR) is 226 cm³/mol. The SMILES string of the molecule is CC1=C(C)C(=O)C(C(C)(C)CC(=O)N(C)CCN(CCCCCC(=O)NCCCCC(N)C(=O)O)C(=O)Oc2ccc3nc(C4=NC(C(=O)O)CS4)sc3c2)=C(C)C1=O. The van der Waals surface area contributed by atoms with E-state index in [4.69, 9.17) is 15.6 Å². The van der Waals surface area contributed by atoms with Crippen molar-refractivity contribution < 1.29 is 48.5 Å². The van der Waals surface area contributed by atoms with Gasteiger partial charge in [-0.2, -0.15) is 0 Å². The number of aliphatic carboxylic acids is 2. The fourth-order valence-electron chi connectivity index (χ4n) is 6.74. The lowest BCUT2D eigenvalue weighted by atomic mass is 9.71. The van der Waals surface area contributed by atoms with Crippen LogP contribution in [0.15, 0.2) is 45.5 Å². The first-order valence-corrected chi connectivity index (χ1v) is 21.4. The van der Waals surface area contributed by atoms with Crippen LogP contribution in [0.1, 0.15) is 91.0 Å². The number of carbonyl (C=O) groups excluding carboxylic acids is 5. The molecule has 1 aromatic heterocycles. The molecule has 18 heteroatoms. The summed E-state index contributed by atoms with van der Waals surface area (Å²) < 4.78 is 6.55. The number of nitrogens with one attached hydrogen (secondary N) is 1. The topological polar surface area (TPSA) is 239 Å². The van der Waals surface area contributed by atoms with Gasteiger partial charge >= 0.3 is 18.0 Å². The van der Waals surface area contributed by atoms with E-state index >= 15 is 0 Å². The number of aromatic nitrogens is 1. The molecule has 1 aliphatic carbocycles. The minimum Gasteiger partial charge on any atom is -0.480 e. The van der Waals surface area contributed by atoms with Gasteiger partial charge in [0, 0.05) is 85.6 Å². The van der Waals surface area contributed by atoms with E-state index in [9.17, 15) is 38.7 Å². The molecule has 1 aliphatic heterocycles. The van der Waals surface area contributed by atoms with Crippen molar-refractivity contribution >= 4 is 79.8 Å². The number of amides is 3. The molecule has 4 rings (SSSR count). The molecule has 0 bridgehead atoms. The average molecular weight is 855 g/mol. The third-order valence-corrected chi connectivity index (χ3v) is 12.7. The number of ether oxygens (including phenoxy) is 1. The minimum absolute atomic E-state index is 0.0390. The number of carboxylic acid groups (broad SMARTS) is 2. The number of nitrogens with zero attached hydrogens (tertiary/aromatic N) is 4. The maximum atomic E-state index is 13.7. The number of thioether (sulfide) groups is 1. The zero-order chi connectivity index (χ0) is 43.6. The molecule has 0 saturated carbocycles. The third-order valence-electron chi connectivity index (χ3n) is 10.4. The Morgan fingerprint density at radius 2 is 1.68 bits per heavy atom. The number of Topliss-reactive ketones (excluding diaryl/α,β-unsaturated/α-hetero) is 2. The number of aliphatic imine (C=N–C) groups is 1. The van der Waals surface area contributed by atoms with Gasteiger partial charge in [-0.25, -0.2) is 14.6 Å². The second-order valence-electron chi connectivity index (χ2n) is 15.5. The summed E-state index contributed by atoms with van der Waals surface area (Å²) >= 11 is 2.64. The minimum atomic E-state index is -1.05. The van der Waals surface area contributed by atoms with Gasteiger partial charge in [0.1, 0.15) is 21.8 Å². The third kappa shape index (κ3) is 12.5. The molecular weight excluding hydrogens is 801 g/mol. The van der Waals surface area contributed by atoms with Gasteiger partial charge in [-0.05, 0) is 65.0 Å². The highest BCUT2D eigenvalue weighted by Gasteiger charge is 2.39. The molecule has 2 unspecified atom stereocenters. The zero-order valence-electron chi connectivity index (χ0n) is 34.4. The van der Waals surface area contributed by atoms with Crippen LogP contribution >= 0.6 is 23.1 Å². The number of carboxylic acids is 2. The van der Waals surface area contributed by atoms with E-state index in [0.717, 1.165) is 4.70 Å². The van der Waals surface area contributed by atoms with Crippen molar-refractivity contribution in [3.05, 3.63) is 45.5 Å². The van der Waals surface area contributed by atoms with Crippen molar-refractivity contribution in [2.24, 2.45) is 16.1 Å². The van der Waals surface area contributed by atoms with Crippen LogP contribution in [-0.4, -0.2) is 123 Å². The first-order valence-electron chi connectivity index (χ1n) is 19.6. The number of likely N-dealkylation sites (N-methyl/N-ethyl adjacent to an activating group) is 1. The number of hydrogen-bond donors (Lipinski definition) is 4. The van der Waals surface area contributed by atoms with E-state index in [-0.39, 0.29) is 61.6 Å². The number of ketones is 2. The zero-order valence-corrected chi connectivity index (χ0v) is 36.1. The smallest absolute Gasteiger partial charge is 0.415 e. The van der Waals surface area contributed by atoms with Crippen molar-refractivity contribution in [2.45, 2.75) is 98.1 Å². The van der Waals surface area contributed by atoms with Gasteiger partial charge in [0.2, 0.25) is 11.8 Å². The first-order chi connectivity index (χ1) is 27.8. The van der Waals surface area contributed by atoms with Gasteiger partial charge in [-0.1, -0.05) is 20.3 Å². The second kappa shape index (κ2) is 20.8. The number of hydrogen-bond acceptors (Lipinski definition) is 13. The van der Waals surface area contributed by atoms with E-state index in [1.54, 1.807) is 59.9 Å². The number of unbranched alkanes of at least 4 members (excludes halogenated alkanes) is 3. The number of allylic oxidation sites excluding steroid dienone is 4. The number of rotatable bonds is 21.